The van der Waals surface area contributed by atoms with Gasteiger partial charge in [0, 0.05) is 5.41 Å². The third-order valence-electron chi connectivity index (χ3n) is 2.95. The van der Waals surface area contributed by atoms with Crippen LogP contribution >= 0.6 is 0 Å². The van der Waals surface area contributed by atoms with Gasteiger partial charge in [0.05, 0.1) is 24.9 Å². The molecule has 0 radical (unpaired) electrons. The van der Waals surface area contributed by atoms with E-state index in [-0.39, 0.29) is 18.8 Å². The summed E-state index contributed by atoms with van der Waals surface area (Å²) >= 11 is 0. The predicted octanol–water partition coefficient (Wildman–Crippen LogP) is 0.543. The molecular weight excluding hydrogens is 156 g/mol. The minimum Gasteiger partial charge on any atom is -0.396 e. The van der Waals surface area contributed by atoms with Crippen LogP contribution in [0.3, 0.4) is 0 Å². The maximum Gasteiger partial charge on any atom is 0.0899 e. The first-order valence-corrected chi connectivity index (χ1v) is 4.50. The van der Waals surface area contributed by atoms with Crippen molar-refractivity contribution in [1.82, 2.24) is 0 Å². The zero-order valence-corrected chi connectivity index (χ0v) is 7.95. The molecule has 1 heterocycles. The Kier molecular flexibility index (Phi) is 2.76. The van der Waals surface area contributed by atoms with Crippen LogP contribution in [0.25, 0.3) is 0 Å². The highest BCUT2D eigenvalue weighted by Gasteiger charge is 2.49. The Morgan fingerprint density at radius 3 is 2.42 bits per heavy atom. The largest absolute Gasteiger partial charge is 0.396 e. The van der Waals surface area contributed by atoms with Gasteiger partial charge >= 0.3 is 0 Å². The fourth-order valence-electron chi connectivity index (χ4n) is 1.97. The normalized spacial score (nSPS) is 48.2. The van der Waals surface area contributed by atoms with Crippen molar-refractivity contribution in [2.75, 3.05) is 6.61 Å². The topological polar surface area (TPSA) is 49.7 Å². The summed E-state index contributed by atoms with van der Waals surface area (Å²) in [6.07, 6.45) is 0.102. The molecule has 3 nitrogen and oxygen atoms in total. The minimum atomic E-state index is -0.549. The maximum absolute atomic E-state index is 9.73. The van der Waals surface area contributed by atoms with Crippen LogP contribution < -0.4 is 0 Å². The van der Waals surface area contributed by atoms with Gasteiger partial charge in [0.2, 0.25) is 0 Å². The van der Waals surface area contributed by atoms with Crippen molar-refractivity contribution < 1.29 is 14.9 Å². The summed E-state index contributed by atoms with van der Waals surface area (Å²) in [5.74, 6) is 0. The molecular formula is C9H18O3. The zero-order valence-electron chi connectivity index (χ0n) is 7.95. The molecule has 1 aliphatic rings. The molecule has 72 valence electrons. The molecule has 12 heavy (non-hydrogen) atoms. The SMILES string of the molecule is CC[C@H]1O[C@@H](C)C(O)[C@]1(C)CO. The molecule has 0 spiro atoms. The molecule has 2 N–H and O–H groups in total. The van der Waals surface area contributed by atoms with E-state index >= 15 is 0 Å². The van der Waals surface area contributed by atoms with Crippen LogP contribution in [0.5, 0.6) is 0 Å². The molecule has 0 aliphatic carbocycles. The Hall–Kier alpha value is -0.120. The van der Waals surface area contributed by atoms with Gasteiger partial charge in [0.15, 0.2) is 0 Å². The molecule has 3 heteroatoms. The van der Waals surface area contributed by atoms with Gasteiger partial charge in [0.25, 0.3) is 0 Å². The fraction of sp³-hybridized carbons (Fsp3) is 1.00. The first kappa shape index (κ1) is 9.96. The molecule has 0 aromatic heterocycles. The summed E-state index contributed by atoms with van der Waals surface area (Å²) in [6.45, 7) is 5.70. The van der Waals surface area contributed by atoms with Crippen molar-refractivity contribution in [3.63, 3.8) is 0 Å². The second-order valence-corrected chi connectivity index (χ2v) is 3.85. The monoisotopic (exact) mass is 174 g/mol. The van der Waals surface area contributed by atoms with E-state index in [2.05, 4.69) is 0 Å². The van der Waals surface area contributed by atoms with Crippen LogP contribution in [0.15, 0.2) is 0 Å². The summed E-state index contributed by atoms with van der Waals surface area (Å²) in [4.78, 5) is 0. The van der Waals surface area contributed by atoms with E-state index in [1.54, 1.807) is 0 Å². The van der Waals surface area contributed by atoms with Crippen LogP contribution in [0.2, 0.25) is 0 Å². The molecule has 0 aromatic carbocycles. The van der Waals surface area contributed by atoms with Crippen LogP contribution in [0.4, 0.5) is 0 Å². The molecule has 0 saturated carbocycles. The van der Waals surface area contributed by atoms with E-state index < -0.39 is 11.5 Å². The summed E-state index contributed by atoms with van der Waals surface area (Å²) in [5, 5.41) is 18.9. The lowest BCUT2D eigenvalue weighted by molar-refractivity contribution is -0.00563. The fourth-order valence-corrected chi connectivity index (χ4v) is 1.97. The molecule has 1 rings (SSSR count). The Bertz CT molecular complexity index is 160. The minimum absolute atomic E-state index is 0.0169. The highest BCUT2D eigenvalue weighted by atomic mass is 16.5. The van der Waals surface area contributed by atoms with Crippen LogP contribution in [0.1, 0.15) is 27.2 Å². The van der Waals surface area contributed by atoms with Gasteiger partial charge in [-0.15, -0.1) is 0 Å². The van der Waals surface area contributed by atoms with Gasteiger partial charge in [-0.25, -0.2) is 0 Å². The van der Waals surface area contributed by atoms with Gasteiger partial charge in [-0.1, -0.05) is 13.8 Å². The highest BCUT2D eigenvalue weighted by molar-refractivity contribution is 4.97. The van der Waals surface area contributed by atoms with Gasteiger partial charge in [-0.2, -0.15) is 0 Å². The van der Waals surface area contributed by atoms with Crippen molar-refractivity contribution in [2.24, 2.45) is 5.41 Å². The van der Waals surface area contributed by atoms with Gasteiger partial charge in [0.1, 0.15) is 0 Å². The third kappa shape index (κ3) is 1.26. The Morgan fingerprint density at radius 2 is 2.08 bits per heavy atom. The van der Waals surface area contributed by atoms with Crippen molar-refractivity contribution >= 4 is 0 Å². The van der Waals surface area contributed by atoms with Crippen molar-refractivity contribution in [3.05, 3.63) is 0 Å². The number of hydrogen-bond acceptors (Lipinski definition) is 3. The second-order valence-electron chi connectivity index (χ2n) is 3.85. The highest BCUT2D eigenvalue weighted by Crippen LogP contribution is 2.39. The number of rotatable bonds is 2. The molecule has 4 atom stereocenters. The van der Waals surface area contributed by atoms with Crippen molar-refractivity contribution in [3.8, 4) is 0 Å². The summed E-state index contributed by atoms with van der Waals surface area (Å²) in [6, 6.07) is 0. The average Bonchev–Trinajstić information content (AvgIpc) is 2.30. The standard InChI is InChI=1S/C9H18O3/c1-4-7-9(3,5-10)8(11)6(2)12-7/h6-8,10-11H,4-5H2,1-3H3/t6-,7+,8?,9+/m0/s1. The summed E-state index contributed by atoms with van der Waals surface area (Å²) in [7, 11) is 0. The number of aliphatic hydroxyl groups is 2. The molecule has 1 aliphatic heterocycles. The average molecular weight is 174 g/mol. The first-order valence-electron chi connectivity index (χ1n) is 4.50. The lowest BCUT2D eigenvalue weighted by Gasteiger charge is -2.29. The van der Waals surface area contributed by atoms with Gasteiger partial charge in [-0.3, -0.25) is 0 Å². The van der Waals surface area contributed by atoms with E-state index in [0.29, 0.717) is 0 Å². The van der Waals surface area contributed by atoms with E-state index in [4.69, 9.17) is 4.74 Å². The lowest BCUT2D eigenvalue weighted by atomic mass is 9.79. The Labute approximate surface area is 73.4 Å². The Balaban J connectivity index is 2.80. The summed E-state index contributed by atoms with van der Waals surface area (Å²) in [5.41, 5.74) is -0.478. The molecule has 1 saturated heterocycles. The molecule has 0 bridgehead atoms. The molecule has 0 amide bonds. The van der Waals surface area contributed by atoms with Crippen LogP contribution in [0, 0.1) is 5.41 Å². The zero-order chi connectivity index (χ0) is 9.35. The molecule has 1 fully saturated rings. The van der Waals surface area contributed by atoms with Gasteiger partial charge in [-0.05, 0) is 13.3 Å². The molecule has 1 unspecified atom stereocenters. The van der Waals surface area contributed by atoms with Crippen molar-refractivity contribution in [2.45, 2.75) is 45.5 Å². The number of hydrogen-bond donors (Lipinski definition) is 2. The second kappa shape index (κ2) is 3.32. The maximum atomic E-state index is 9.73. The number of aliphatic hydroxyl groups excluding tert-OH is 2. The number of ether oxygens (including phenoxy) is 1. The van der Waals surface area contributed by atoms with E-state index in [9.17, 15) is 10.2 Å². The van der Waals surface area contributed by atoms with Crippen LogP contribution in [-0.2, 0) is 4.74 Å². The smallest absolute Gasteiger partial charge is 0.0899 e. The third-order valence-corrected chi connectivity index (χ3v) is 2.95. The lowest BCUT2D eigenvalue weighted by Crippen LogP contribution is -2.41. The summed E-state index contributed by atoms with van der Waals surface area (Å²) < 4.78 is 5.52. The quantitative estimate of drug-likeness (QED) is 0.642. The van der Waals surface area contributed by atoms with Crippen LogP contribution in [-0.4, -0.2) is 35.1 Å². The van der Waals surface area contributed by atoms with E-state index in [1.165, 1.54) is 0 Å². The van der Waals surface area contributed by atoms with Gasteiger partial charge < -0.3 is 14.9 Å². The van der Waals surface area contributed by atoms with E-state index in [0.717, 1.165) is 6.42 Å². The first-order chi connectivity index (χ1) is 5.56. The predicted molar refractivity (Wildman–Crippen MR) is 45.8 cm³/mol. The van der Waals surface area contributed by atoms with E-state index in [1.807, 2.05) is 20.8 Å². The Morgan fingerprint density at radius 1 is 1.50 bits per heavy atom. The van der Waals surface area contributed by atoms with Crippen molar-refractivity contribution in [1.29, 1.82) is 0 Å². The molecule has 0 aromatic rings.